The smallest absolute Gasteiger partial charge is 0.145 e. The van der Waals surface area contributed by atoms with Crippen molar-refractivity contribution < 1.29 is 4.42 Å². The molecule has 2 heteroatoms. The summed E-state index contributed by atoms with van der Waals surface area (Å²) in [7, 11) is 0. The molecular formula is C39H27NO. The Morgan fingerprint density at radius 2 is 1.24 bits per heavy atom. The fourth-order valence-corrected chi connectivity index (χ4v) is 7.22. The van der Waals surface area contributed by atoms with Gasteiger partial charge in [0, 0.05) is 27.3 Å². The molecule has 0 unspecified atom stereocenters. The zero-order chi connectivity index (χ0) is 27.3. The first-order valence-corrected chi connectivity index (χ1v) is 14.3. The van der Waals surface area contributed by atoms with Gasteiger partial charge in [-0.05, 0) is 75.8 Å². The van der Waals surface area contributed by atoms with Crippen molar-refractivity contribution in [3.63, 3.8) is 0 Å². The highest BCUT2D eigenvalue weighted by molar-refractivity contribution is 6.23. The maximum atomic E-state index is 6.46. The predicted octanol–water partition coefficient (Wildman–Crippen LogP) is 10.7. The van der Waals surface area contributed by atoms with E-state index in [1.807, 2.05) is 6.07 Å². The van der Waals surface area contributed by atoms with E-state index in [-0.39, 0.29) is 5.41 Å². The van der Waals surface area contributed by atoms with E-state index in [0.717, 1.165) is 33.1 Å². The molecule has 0 spiro atoms. The summed E-state index contributed by atoms with van der Waals surface area (Å²) in [4.78, 5) is 0. The van der Waals surface area contributed by atoms with E-state index in [4.69, 9.17) is 4.42 Å². The summed E-state index contributed by atoms with van der Waals surface area (Å²) in [5.74, 6) is 0. The minimum Gasteiger partial charge on any atom is -0.455 e. The number of fused-ring (bicyclic) bond motifs is 10. The van der Waals surface area contributed by atoms with Crippen LogP contribution in [0.15, 0.2) is 132 Å². The summed E-state index contributed by atoms with van der Waals surface area (Å²) in [5, 5.41) is 4.69. The second-order valence-electron chi connectivity index (χ2n) is 11.8. The Hall–Kier alpha value is -5.08. The van der Waals surface area contributed by atoms with Crippen molar-refractivity contribution in [1.29, 1.82) is 0 Å². The van der Waals surface area contributed by atoms with Gasteiger partial charge in [0.05, 0.1) is 16.4 Å². The van der Waals surface area contributed by atoms with Crippen molar-refractivity contribution >= 4 is 43.7 Å². The molecule has 0 fully saturated rings. The fraction of sp³-hybridized carbons (Fsp3) is 0.0769. The van der Waals surface area contributed by atoms with Crippen LogP contribution >= 0.6 is 0 Å². The SMILES string of the molecule is CC1(C)c2ccccc2-c2cc(-c3ccc(-n4c5ccccc5c5c6oc7ccccc7c6ccc54)cc3)ccc21. The van der Waals surface area contributed by atoms with Crippen LogP contribution in [0.1, 0.15) is 25.0 Å². The molecule has 0 saturated heterocycles. The molecule has 0 saturated carbocycles. The number of hydrogen-bond donors (Lipinski definition) is 0. The zero-order valence-electron chi connectivity index (χ0n) is 23.0. The van der Waals surface area contributed by atoms with Gasteiger partial charge >= 0.3 is 0 Å². The molecule has 2 heterocycles. The van der Waals surface area contributed by atoms with Crippen LogP contribution in [0.25, 0.3) is 71.7 Å². The van der Waals surface area contributed by atoms with Crippen LogP contribution in [-0.4, -0.2) is 4.57 Å². The molecule has 1 aliphatic rings. The van der Waals surface area contributed by atoms with Crippen molar-refractivity contribution in [3.05, 3.63) is 139 Å². The minimum atomic E-state index is 0.0239. The Balaban J connectivity index is 1.21. The molecule has 9 rings (SSSR count). The average Bonchev–Trinajstić information content (AvgIpc) is 3.63. The lowest BCUT2D eigenvalue weighted by molar-refractivity contribution is 0.660. The Labute approximate surface area is 238 Å². The molecule has 0 amide bonds. The van der Waals surface area contributed by atoms with E-state index in [1.54, 1.807) is 0 Å². The van der Waals surface area contributed by atoms with Gasteiger partial charge in [0.2, 0.25) is 0 Å². The maximum Gasteiger partial charge on any atom is 0.145 e. The predicted molar refractivity (Wildman–Crippen MR) is 171 cm³/mol. The molecule has 0 atom stereocenters. The Bertz CT molecular complexity index is 2330. The van der Waals surface area contributed by atoms with Crippen molar-refractivity contribution in [1.82, 2.24) is 4.57 Å². The summed E-state index contributed by atoms with van der Waals surface area (Å²) in [6, 6.07) is 46.2. The molecule has 194 valence electrons. The van der Waals surface area contributed by atoms with Gasteiger partial charge in [-0.3, -0.25) is 0 Å². The van der Waals surface area contributed by atoms with Gasteiger partial charge in [-0.15, -0.1) is 0 Å². The monoisotopic (exact) mass is 525 g/mol. The molecule has 8 aromatic rings. The molecule has 0 bridgehead atoms. The van der Waals surface area contributed by atoms with E-state index >= 15 is 0 Å². The first-order chi connectivity index (χ1) is 20.1. The number of aromatic nitrogens is 1. The number of para-hydroxylation sites is 2. The fourth-order valence-electron chi connectivity index (χ4n) is 7.22. The van der Waals surface area contributed by atoms with Crippen molar-refractivity contribution in [3.8, 4) is 27.9 Å². The standard InChI is InChI=1S/C39H27NO/c1-39(2)32-12-6-3-9-27(32)31-23-25(17-21-33(31)39)24-15-18-26(19-16-24)40-34-13-7-4-11-30(34)37-35(40)22-20-29-28-10-5-8-14-36(28)41-38(29)37/h3-23H,1-2H3. The largest absolute Gasteiger partial charge is 0.455 e. The lowest BCUT2D eigenvalue weighted by Gasteiger charge is -2.21. The normalized spacial score (nSPS) is 13.8. The van der Waals surface area contributed by atoms with E-state index in [9.17, 15) is 0 Å². The van der Waals surface area contributed by atoms with Crippen LogP contribution in [0.2, 0.25) is 0 Å². The second-order valence-corrected chi connectivity index (χ2v) is 11.8. The number of rotatable bonds is 2. The van der Waals surface area contributed by atoms with Crippen LogP contribution in [0.3, 0.4) is 0 Å². The molecule has 0 radical (unpaired) electrons. The van der Waals surface area contributed by atoms with Gasteiger partial charge in [-0.25, -0.2) is 0 Å². The Morgan fingerprint density at radius 3 is 2.12 bits per heavy atom. The van der Waals surface area contributed by atoms with Gasteiger partial charge in [-0.2, -0.15) is 0 Å². The van der Waals surface area contributed by atoms with E-state index in [1.165, 1.54) is 49.7 Å². The van der Waals surface area contributed by atoms with Gasteiger partial charge < -0.3 is 8.98 Å². The molecule has 2 nitrogen and oxygen atoms in total. The lowest BCUT2D eigenvalue weighted by Crippen LogP contribution is -2.14. The first kappa shape index (κ1) is 22.7. The number of furan rings is 1. The third kappa shape index (κ3) is 3.02. The van der Waals surface area contributed by atoms with Crippen LogP contribution in [0.5, 0.6) is 0 Å². The van der Waals surface area contributed by atoms with Crippen molar-refractivity contribution in [2.24, 2.45) is 0 Å². The topological polar surface area (TPSA) is 18.1 Å². The zero-order valence-corrected chi connectivity index (χ0v) is 23.0. The lowest BCUT2D eigenvalue weighted by atomic mass is 9.82. The van der Waals surface area contributed by atoms with Crippen LogP contribution in [0.4, 0.5) is 0 Å². The van der Waals surface area contributed by atoms with Gasteiger partial charge in [0.1, 0.15) is 11.2 Å². The summed E-state index contributed by atoms with van der Waals surface area (Å²) >= 11 is 0. The van der Waals surface area contributed by atoms with Gasteiger partial charge in [0.15, 0.2) is 0 Å². The highest BCUT2D eigenvalue weighted by Gasteiger charge is 2.35. The second kappa shape index (κ2) is 7.99. The average molecular weight is 526 g/mol. The minimum absolute atomic E-state index is 0.0239. The molecular weight excluding hydrogens is 498 g/mol. The Morgan fingerprint density at radius 1 is 0.537 bits per heavy atom. The summed E-state index contributed by atoms with van der Waals surface area (Å²) < 4.78 is 8.83. The Kier molecular flexibility index (Phi) is 4.42. The molecule has 2 aromatic heterocycles. The number of nitrogens with zero attached hydrogens (tertiary/aromatic N) is 1. The van der Waals surface area contributed by atoms with Gasteiger partial charge in [0.25, 0.3) is 0 Å². The first-order valence-electron chi connectivity index (χ1n) is 14.3. The highest BCUT2D eigenvalue weighted by Crippen LogP contribution is 2.49. The van der Waals surface area contributed by atoms with E-state index in [0.29, 0.717) is 0 Å². The summed E-state index contributed by atoms with van der Waals surface area (Å²) in [5.41, 5.74) is 13.4. The van der Waals surface area contributed by atoms with Crippen LogP contribution in [0, 0.1) is 0 Å². The van der Waals surface area contributed by atoms with Crippen LogP contribution in [-0.2, 0) is 5.41 Å². The molecule has 41 heavy (non-hydrogen) atoms. The van der Waals surface area contributed by atoms with Gasteiger partial charge in [-0.1, -0.05) is 98.8 Å². The highest BCUT2D eigenvalue weighted by atomic mass is 16.3. The van der Waals surface area contributed by atoms with E-state index in [2.05, 4.69) is 140 Å². The van der Waals surface area contributed by atoms with E-state index < -0.39 is 0 Å². The molecule has 0 N–H and O–H groups in total. The third-order valence-electron chi connectivity index (χ3n) is 9.22. The molecule has 1 aliphatic carbocycles. The quantitative estimate of drug-likeness (QED) is 0.219. The third-order valence-corrected chi connectivity index (χ3v) is 9.22. The summed E-state index contributed by atoms with van der Waals surface area (Å²) in [6.07, 6.45) is 0. The van der Waals surface area contributed by atoms with Crippen LogP contribution < -0.4 is 0 Å². The van der Waals surface area contributed by atoms with Crippen molar-refractivity contribution in [2.75, 3.05) is 0 Å². The maximum absolute atomic E-state index is 6.46. The number of benzene rings is 6. The number of hydrogen-bond acceptors (Lipinski definition) is 1. The molecule has 6 aromatic carbocycles. The summed E-state index contributed by atoms with van der Waals surface area (Å²) in [6.45, 7) is 4.66. The molecule has 0 aliphatic heterocycles. The van der Waals surface area contributed by atoms with Crippen molar-refractivity contribution in [2.45, 2.75) is 19.3 Å².